The van der Waals surface area contributed by atoms with Crippen LogP contribution >= 0.6 is 15.9 Å². The quantitative estimate of drug-likeness (QED) is 0.747. The molecule has 0 atom stereocenters. The zero-order valence-corrected chi connectivity index (χ0v) is 12.1. The summed E-state index contributed by atoms with van der Waals surface area (Å²) >= 11 is 3.32. The van der Waals surface area contributed by atoms with Gasteiger partial charge in [-0.2, -0.15) is 4.31 Å². The molecule has 1 fully saturated rings. The van der Waals surface area contributed by atoms with E-state index >= 15 is 0 Å². The maximum atomic E-state index is 12.3. The fourth-order valence-electron chi connectivity index (χ4n) is 1.61. The Morgan fingerprint density at radius 3 is 2.13 bits per heavy atom. The van der Waals surface area contributed by atoms with E-state index in [2.05, 4.69) is 15.9 Å². The van der Waals surface area contributed by atoms with Gasteiger partial charge in [-0.3, -0.25) is 0 Å². The first kappa shape index (κ1) is 13.5. The molecule has 15 heavy (non-hydrogen) atoms. The van der Waals surface area contributed by atoms with Gasteiger partial charge in [0.05, 0.1) is 4.75 Å². The van der Waals surface area contributed by atoms with Gasteiger partial charge in [-0.1, -0.05) is 22.4 Å². The fourth-order valence-corrected chi connectivity index (χ4v) is 3.86. The van der Waals surface area contributed by atoms with Crippen LogP contribution in [0.1, 0.15) is 40.0 Å². The summed E-state index contributed by atoms with van der Waals surface area (Å²) in [4.78, 5) is 0. The van der Waals surface area contributed by atoms with Crippen LogP contribution in [-0.2, 0) is 10.0 Å². The lowest BCUT2D eigenvalue weighted by atomic mass is 9.93. The number of rotatable bonds is 4. The maximum Gasteiger partial charge on any atom is 0.219 e. The average molecular weight is 298 g/mol. The van der Waals surface area contributed by atoms with E-state index in [1.165, 1.54) is 0 Å². The standard InChI is InChI=1S/C10H20BrNO2S/c1-10(2,3)15(13,14)12(8-7-11)9-5-4-6-9/h9H,4-8H2,1-3H3. The van der Waals surface area contributed by atoms with Crippen LogP contribution < -0.4 is 0 Å². The molecule has 0 N–H and O–H groups in total. The van der Waals surface area contributed by atoms with E-state index in [0.29, 0.717) is 11.9 Å². The van der Waals surface area contributed by atoms with Crippen LogP contribution in [0.25, 0.3) is 0 Å². The Kier molecular flexibility index (Phi) is 4.23. The summed E-state index contributed by atoms with van der Waals surface area (Å²) < 4.78 is 25.6. The Balaban J connectivity index is 2.88. The van der Waals surface area contributed by atoms with Crippen LogP contribution in [0.5, 0.6) is 0 Å². The number of sulfonamides is 1. The molecular formula is C10H20BrNO2S. The molecule has 0 bridgehead atoms. The van der Waals surface area contributed by atoms with Gasteiger partial charge >= 0.3 is 0 Å². The molecule has 90 valence electrons. The highest BCUT2D eigenvalue weighted by Gasteiger charge is 2.40. The third kappa shape index (κ3) is 2.74. The Morgan fingerprint density at radius 2 is 1.87 bits per heavy atom. The summed E-state index contributed by atoms with van der Waals surface area (Å²) in [5.41, 5.74) is 0. The minimum Gasteiger partial charge on any atom is -0.212 e. The van der Waals surface area contributed by atoms with Crippen molar-refractivity contribution < 1.29 is 8.42 Å². The summed E-state index contributed by atoms with van der Waals surface area (Å²) in [6.07, 6.45) is 3.19. The first-order chi connectivity index (χ1) is 6.80. The highest BCUT2D eigenvalue weighted by atomic mass is 79.9. The molecule has 0 spiro atoms. The van der Waals surface area contributed by atoms with E-state index in [0.717, 1.165) is 19.3 Å². The van der Waals surface area contributed by atoms with Crippen molar-refractivity contribution in [2.75, 3.05) is 11.9 Å². The Labute approximate surface area is 101 Å². The van der Waals surface area contributed by atoms with Gasteiger partial charge in [-0.15, -0.1) is 0 Å². The van der Waals surface area contributed by atoms with Gasteiger partial charge in [-0.25, -0.2) is 8.42 Å². The fraction of sp³-hybridized carbons (Fsp3) is 1.00. The van der Waals surface area contributed by atoms with E-state index in [1.807, 2.05) is 0 Å². The Bertz CT molecular complexity index is 304. The van der Waals surface area contributed by atoms with Crippen LogP contribution in [0, 0.1) is 0 Å². The molecule has 0 unspecified atom stereocenters. The van der Waals surface area contributed by atoms with Crippen molar-refractivity contribution in [3.63, 3.8) is 0 Å². The molecule has 1 aliphatic carbocycles. The van der Waals surface area contributed by atoms with Gasteiger partial charge in [0.2, 0.25) is 10.0 Å². The van der Waals surface area contributed by atoms with Crippen LogP contribution in [0.4, 0.5) is 0 Å². The zero-order chi connectivity index (χ0) is 11.7. The molecule has 0 aliphatic heterocycles. The molecule has 1 saturated carbocycles. The van der Waals surface area contributed by atoms with Crippen molar-refractivity contribution in [3.8, 4) is 0 Å². The zero-order valence-electron chi connectivity index (χ0n) is 9.66. The minimum absolute atomic E-state index is 0.242. The van der Waals surface area contributed by atoms with Crippen LogP contribution in [0.2, 0.25) is 0 Å². The third-order valence-corrected chi connectivity index (χ3v) is 5.87. The molecule has 0 saturated heterocycles. The SMILES string of the molecule is CC(C)(C)S(=O)(=O)N(CCBr)C1CCC1. The number of hydrogen-bond acceptors (Lipinski definition) is 2. The lowest BCUT2D eigenvalue weighted by molar-refractivity contribution is 0.224. The monoisotopic (exact) mass is 297 g/mol. The highest BCUT2D eigenvalue weighted by molar-refractivity contribution is 9.09. The van der Waals surface area contributed by atoms with E-state index in [1.54, 1.807) is 25.1 Å². The van der Waals surface area contributed by atoms with Crippen molar-refractivity contribution >= 4 is 26.0 Å². The number of halogens is 1. The molecule has 5 heteroatoms. The van der Waals surface area contributed by atoms with E-state index in [9.17, 15) is 8.42 Å². The minimum atomic E-state index is -3.16. The van der Waals surface area contributed by atoms with Crippen LogP contribution in [0.3, 0.4) is 0 Å². The summed E-state index contributed by atoms with van der Waals surface area (Å²) in [5.74, 6) is 0. The second-order valence-corrected chi connectivity index (χ2v) is 8.44. The van der Waals surface area contributed by atoms with E-state index in [4.69, 9.17) is 0 Å². The Morgan fingerprint density at radius 1 is 1.33 bits per heavy atom. The third-order valence-electron chi connectivity index (χ3n) is 2.87. The van der Waals surface area contributed by atoms with Gasteiger partial charge in [0.25, 0.3) is 0 Å². The maximum absolute atomic E-state index is 12.3. The van der Waals surface area contributed by atoms with Crippen molar-refractivity contribution in [3.05, 3.63) is 0 Å². The molecule has 1 aliphatic rings. The van der Waals surface area contributed by atoms with Gasteiger partial charge in [0.1, 0.15) is 0 Å². The summed E-state index contributed by atoms with van der Waals surface area (Å²) in [5, 5.41) is 0.707. The summed E-state index contributed by atoms with van der Waals surface area (Å²) in [6, 6.07) is 0.242. The first-order valence-corrected chi connectivity index (χ1v) is 7.94. The lowest BCUT2D eigenvalue weighted by Gasteiger charge is -2.39. The number of hydrogen-bond donors (Lipinski definition) is 0. The average Bonchev–Trinajstić information content (AvgIpc) is 1.98. The topological polar surface area (TPSA) is 37.4 Å². The first-order valence-electron chi connectivity index (χ1n) is 5.38. The normalized spacial score (nSPS) is 19.3. The van der Waals surface area contributed by atoms with Crippen molar-refractivity contribution in [2.45, 2.75) is 50.8 Å². The second-order valence-electron chi connectivity index (χ2n) is 5.00. The summed E-state index contributed by atoms with van der Waals surface area (Å²) in [6.45, 7) is 5.89. The van der Waals surface area contributed by atoms with Gasteiger partial charge in [0, 0.05) is 17.9 Å². The molecule has 0 heterocycles. The molecule has 0 aromatic rings. The van der Waals surface area contributed by atoms with Crippen molar-refractivity contribution in [2.24, 2.45) is 0 Å². The van der Waals surface area contributed by atoms with Gasteiger partial charge < -0.3 is 0 Å². The highest BCUT2D eigenvalue weighted by Crippen LogP contribution is 2.31. The van der Waals surface area contributed by atoms with Crippen LogP contribution in [0.15, 0.2) is 0 Å². The Hall–Kier alpha value is 0.390. The lowest BCUT2D eigenvalue weighted by Crippen LogP contribution is -2.51. The molecule has 0 aromatic heterocycles. The van der Waals surface area contributed by atoms with Crippen molar-refractivity contribution in [1.82, 2.24) is 4.31 Å². The summed E-state index contributed by atoms with van der Waals surface area (Å²) in [7, 11) is -3.16. The molecule has 0 amide bonds. The predicted octanol–water partition coefficient (Wildman–Crippen LogP) is 2.36. The molecule has 1 rings (SSSR count). The smallest absolute Gasteiger partial charge is 0.212 e. The van der Waals surface area contributed by atoms with Crippen molar-refractivity contribution in [1.29, 1.82) is 0 Å². The molecule has 3 nitrogen and oxygen atoms in total. The van der Waals surface area contributed by atoms with E-state index in [-0.39, 0.29) is 6.04 Å². The second kappa shape index (κ2) is 4.72. The van der Waals surface area contributed by atoms with E-state index < -0.39 is 14.8 Å². The molecule has 0 radical (unpaired) electrons. The predicted molar refractivity (Wildman–Crippen MR) is 66.8 cm³/mol. The molecule has 0 aromatic carbocycles. The molecular weight excluding hydrogens is 278 g/mol. The van der Waals surface area contributed by atoms with Gasteiger partial charge in [-0.05, 0) is 33.6 Å². The van der Waals surface area contributed by atoms with Crippen LogP contribution in [-0.4, -0.2) is 35.4 Å². The van der Waals surface area contributed by atoms with Gasteiger partial charge in [0.15, 0.2) is 0 Å². The number of alkyl halides is 1. The largest absolute Gasteiger partial charge is 0.219 e. The number of nitrogens with zero attached hydrogens (tertiary/aromatic N) is 1.